The molecular formula is C18H23N3O2. The topological polar surface area (TPSA) is 65.2 Å². The second kappa shape index (κ2) is 6.54. The molecule has 0 radical (unpaired) electrons. The molecule has 1 fully saturated rings. The van der Waals surface area contributed by atoms with Crippen molar-refractivity contribution in [3.63, 3.8) is 0 Å². The van der Waals surface area contributed by atoms with E-state index in [-0.39, 0.29) is 11.5 Å². The molecule has 1 aromatic heterocycles. The van der Waals surface area contributed by atoms with Crippen LogP contribution >= 0.6 is 0 Å². The van der Waals surface area contributed by atoms with Crippen molar-refractivity contribution in [3.8, 4) is 0 Å². The van der Waals surface area contributed by atoms with Gasteiger partial charge in [0.1, 0.15) is 0 Å². The SMILES string of the molecule is CC(=O)N1CC[C@H](NCc2cc3ccccc3[nH]c2=O)[C@@H](C)C1. The average Bonchev–Trinajstić information content (AvgIpc) is 2.53. The average molecular weight is 313 g/mol. The lowest BCUT2D eigenvalue weighted by molar-refractivity contribution is -0.130. The molecule has 2 aromatic rings. The number of benzene rings is 1. The lowest BCUT2D eigenvalue weighted by atomic mass is 9.93. The van der Waals surface area contributed by atoms with Gasteiger partial charge in [0.05, 0.1) is 0 Å². The van der Waals surface area contributed by atoms with Crippen molar-refractivity contribution < 1.29 is 4.79 Å². The lowest BCUT2D eigenvalue weighted by Crippen LogP contribution is -2.49. The minimum Gasteiger partial charge on any atom is -0.343 e. The van der Waals surface area contributed by atoms with Crippen LogP contribution in [0, 0.1) is 5.92 Å². The molecule has 0 aliphatic carbocycles. The van der Waals surface area contributed by atoms with Gasteiger partial charge in [-0.05, 0) is 29.9 Å². The van der Waals surface area contributed by atoms with Crippen LogP contribution in [0.15, 0.2) is 35.1 Å². The van der Waals surface area contributed by atoms with E-state index in [1.807, 2.05) is 35.2 Å². The number of carbonyl (C=O) groups excluding carboxylic acids is 1. The summed E-state index contributed by atoms with van der Waals surface area (Å²) in [5.74, 6) is 0.522. The number of para-hydroxylation sites is 1. The fourth-order valence-electron chi connectivity index (χ4n) is 3.30. The molecule has 122 valence electrons. The molecule has 1 aromatic carbocycles. The maximum absolute atomic E-state index is 12.2. The number of hydrogen-bond donors (Lipinski definition) is 2. The van der Waals surface area contributed by atoms with Crippen LogP contribution in [0.25, 0.3) is 10.9 Å². The first-order valence-electron chi connectivity index (χ1n) is 8.14. The molecule has 5 heteroatoms. The normalized spacial score (nSPS) is 21.6. The van der Waals surface area contributed by atoms with E-state index < -0.39 is 0 Å². The third-order valence-electron chi connectivity index (χ3n) is 4.74. The minimum atomic E-state index is -0.0370. The van der Waals surface area contributed by atoms with Gasteiger partial charge in [0.15, 0.2) is 0 Å². The molecular weight excluding hydrogens is 290 g/mol. The van der Waals surface area contributed by atoms with Gasteiger partial charge in [-0.1, -0.05) is 25.1 Å². The molecule has 3 rings (SSSR count). The predicted octanol–water partition coefficient (Wildman–Crippen LogP) is 1.87. The third-order valence-corrected chi connectivity index (χ3v) is 4.74. The number of amides is 1. The number of aromatic nitrogens is 1. The Labute approximate surface area is 135 Å². The van der Waals surface area contributed by atoms with Crippen molar-refractivity contribution in [1.82, 2.24) is 15.2 Å². The first kappa shape index (κ1) is 15.7. The Morgan fingerprint density at radius 1 is 1.39 bits per heavy atom. The van der Waals surface area contributed by atoms with E-state index in [1.54, 1.807) is 6.92 Å². The van der Waals surface area contributed by atoms with Crippen LogP contribution in [0.1, 0.15) is 25.8 Å². The number of aromatic amines is 1. The number of carbonyl (C=O) groups is 1. The van der Waals surface area contributed by atoms with Crippen LogP contribution in [0.2, 0.25) is 0 Å². The van der Waals surface area contributed by atoms with Crippen molar-refractivity contribution >= 4 is 16.8 Å². The fraction of sp³-hybridized carbons (Fsp3) is 0.444. The summed E-state index contributed by atoms with van der Waals surface area (Å²) in [7, 11) is 0. The molecule has 0 saturated carbocycles. The van der Waals surface area contributed by atoms with Gasteiger partial charge < -0.3 is 15.2 Å². The number of pyridine rings is 1. The number of piperidine rings is 1. The van der Waals surface area contributed by atoms with Crippen LogP contribution < -0.4 is 10.9 Å². The second-order valence-corrected chi connectivity index (χ2v) is 6.43. The van der Waals surface area contributed by atoms with E-state index in [9.17, 15) is 9.59 Å². The van der Waals surface area contributed by atoms with E-state index in [0.717, 1.165) is 36.0 Å². The minimum absolute atomic E-state index is 0.0370. The van der Waals surface area contributed by atoms with Crippen molar-refractivity contribution in [2.24, 2.45) is 5.92 Å². The number of nitrogens with zero attached hydrogens (tertiary/aromatic N) is 1. The van der Waals surface area contributed by atoms with Gasteiger partial charge in [-0.15, -0.1) is 0 Å². The molecule has 0 bridgehead atoms. The monoisotopic (exact) mass is 313 g/mol. The van der Waals surface area contributed by atoms with Crippen molar-refractivity contribution in [1.29, 1.82) is 0 Å². The van der Waals surface area contributed by atoms with Gasteiger partial charge in [0.25, 0.3) is 5.56 Å². The Kier molecular flexibility index (Phi) is 4.48. The smallest absolute Gasteiger partial charge is 0.252 e. The van der Waals surface area contributed by atoms with E-state index in [1.165, 1.54) is 0 Å². The zero-order valence-electron chi connectivity index (χ0n) is 13.6. The van der Waals surface area contributed by atoms with Crippen LogP contribution in [0.3, 0.4) is 0 Å². The number of H-pyrrole nitrogens is 1. The Balaban J connectivity index is 1.68. The van der Waals surface area contributed by atoms with Crippen molar-refractivity contribution in [3.05, 3.63) is 46.2 Å². The van der Waals surface area contributed by atoms with Crippen molar-refractivity contribution in [2.45, 2.75) is 32.9 Å². The summed E-state index contributed by atoms with van der Waals surface area (Å²) in [6, 6.07) is 10.1. The molecule has 2 atom stereocenters. The van der Waals surface area contributed by atoms with E-state index in [4.69, 9.17) is 0 Å². The molecule has 0 spiro atoms. The third kappa shape index (κ3) is 3.45. The molecule has 0 unspecified atom stereocenters. The first-order chi connectivity index (χ1) is 11.0. The summed E-state index contributed by atoms with van der Waals surface area (Å²) in [5.41, 5.74) is 1.58. The van der Waals surface area contributed by atoms with Gasteiger partial charge in [-0.2, -0.15) is 0 Å². The fourth-order valence-corrected chi connectivity index (χ4v) is 3.30. The Bertz CT molecular complexity index is 768. The van der Waals surface area contributed by atoms with E-state index >= 15 is 0 Å². The molecule has 5 nitrogen and oxygen atoms in total. The molecule has 1 aliphatic rings. The van der Waals surface area contributed by atoms with Crippen LogP contribution in [0.5, 0.6) is 0 Å². The number of likely N-dealkylation sites (tertiary alicyclic amines) is 1. The van der Waals surface area contributed by atoms with Crippen LogP contribution in [-0.4, -0.2) is 34.9 Å². The Morgan fingerprint density at radius 2 is 2.17 bits per heavy atom. The van der Waals surface area contributed by atoms with Crippen molar-refractivity contribution in [2.75, 3.05) is 13.1 Å². The molecule has 1 saturated heterocycles. The summed E-state index contributed by atoms with van der Waals surface area (Å²) < 4.78 is 0. The van der Waals surface area contributed by atoms with Crippen LogP contribution in [0.4, 0.5) is 0 Å². The number of nitrogens with one attached hydrogen (secondary N) is 2. The second-order valence-electron chi connectivity index (χ2n) is 6.43. The molecule has 23 heavy (non-hydrogen) atoms. The number of fused-ring (bicyclic) bond motifs is 1. The number of rotatable bonds is 3. The van der Waals surface area contributed by atoms with Crippen LogP contribution in [-0.2, 0) is 11.3 Å². The van der Waals surface area contributed by atoms with Gasteiger partial charge in [-0.3, -0.25) is 9.59 Å². The highest BCUT2D eigenvalue weighted by molar-refractivity contribution is 5.78. The maximum Gasteiger partial charge on any atom is 0.252 e. The summed E-state index contributed by atoms with van der Waals surface area (Å²) in [4.78, 5) is 28.5. The molecule has 2 heterocycles. The highest BCUT2D eigenvalue weighted by Crippen LogP contribution is 2.17. The van der Waals surface area contributed by atoms with Gasteiger partial charge >= 0.3 is 0 Å². The standard InChI is InChI=1S/C18H23N3O2/c1-12-11-21(13(2)22)8-7-16(12)19-10-15-9-14-5-3-4-6-17(14)20-18(15)23/h3-6,9,12,16,19H,7-8,10-11H2,1-2H3,(H,20,23)/t12-,16-/m0/s1. The largest absolute Gasteiger partial charge is 0.343 e. The van der Waals surface area contributed by atoms with E-state index in [2.05, 4.69) is 17.2 Å². The van der Waals surface area contributed by atoms with Gasteiger partial charge in [-0.25, -0.2) is 0 Å². The Hall–Kier alpha value is -2.14. The zero-order chi connectivity index (χ0) is 16.4. The lowest BCUT2D eigenvalue weighted by Gasteiger charge is -2.37. The Morgan fingerprint density at radius 3 is 2.91 bits per heavy atom. The highest BCUT2D eigenvalue weighted by Gasteiger charge is 2.26. The van der Waals surface area contributed by atoms with Gasteiger partial charge in [0.2, 0.25) is 5.91 Å². The molecule has 1 amide bonds. The summed E-state index contributed by atoms with van der Waals surface area (Å²) >= 11 is 0. The molecule has 2 N–H and O–H groups in total. The summed E-state index contributed by atoms with van der Waals surface area (Å²) in [5, 5.41) is 4.54. The maximum atomic E-state index is 12.2. The van der Waals surface area contributed by atoms with E-state index in [0.29, 0.717) is 18.5 Å². The van der Waals surface area contributed by atoms with Gasteiger partial charge in [0, 0.05) is 43.7 Å². The molecule has 1 aliphatic heterocycles. The summed E-state index contributed by atoms with van der Waals surface area (Å²) in [6.45, 7) is 5.88. The highest BCUT2D eigenvalue weighted by atomic mass is 16.2. The number of hydrogen-bond acceptors (Lipinski definition) is 3. The zero-order valence-corrected chi connectivity index (χ0v) is 13.6. The first-order valence-corrected chi connectivity index (χ1v) is 8.14. The predicted molar refractivity (Wildman–Crippen MR) is 91.2 cm³/mol. The summed E-state index contributed by atoms with van der Waals surface area (Å²) in [6.07, 6.45) is 0.923. The quantitative estimate of drug-likeness (QED) is 0.909.